The highest BCUT2D eigenvalue weighted by molar-refractivity contribution is 7.13. The van der Waals surface area contributed by atoms with E-state index in [0.29, 0.717) is 35.1 Å². The molecule has 6 nitrogen and oxygen atoms in total. The van der Waals surface area contributed by atoms with Crippen LogP contribution < -0.4 is 10.6 Å². The van der Waals surface area contributed by atoms with Gasteiger partial charge in [-0.3, -0.25) is 9.59 Å². The fourth-order valence-electron chi connectivity index (χ4n) is 1.87. The van der Waals surface area contributed by atoms with Crippen LogP contribution in [-0.2, 0) is 11.2 Å². The van der Waals surface area contributed by atoms with Gasteiger partial charge in [-0.05, 0) is 18.6 Å². The van der Waals surface area contributed by atoms with Crippen molar-refractivity contribution in [3.05, 3.63) is 40.3 Å². The highest BCUT2D eigenvalue weighted by Gasteiger charge is 2.13. The number of unbranched alkanes of at least 4 members (excludes halogenated alkanes) is 1. The van der Waals surface area contributed by atoms with E-state index in [1.807, 2.05) is 18.2 Å². The van der Waals surface area contributed by atoms with E-state index in [1.54, 1.807) is 12.1 Å². The number of carbonyl (C=O) groups excluding carboxylic acids is 2. The summed E-state index contributed by atoms with van der Waals surface area (Å²) in [7, 11) is 0. The highest BCUT2D eigenvalue weighted by atomic mass is 32.1. The maximum atomic E-state index is 12.1. The van der Waals surface area contributed by atoms with Gasteiger partial charge in [-0.25, -0.2) is 0 Å². The second kappa shape index (κ2) is 8.99. The van der Waals surface area contributed by atoms with Crippen molar-refractivity contribution in [3.63, 3.8) is 0 Å². The number of rotatable bonds is 8. The second-order valence-electron chi connectivity index (χ2n) is 5.02. The van der Waals surface area contributed by atoms with Crippen LogP contribution in [0, 0.1) is 0 Å². The van der Waals surface area contributed by atoms with Crippen molar-refractivity contribution in [2.45, 2.75) is 32.6 Å². The molecule has 2 rings (SSSR count). The first-order chi connectivity index (χ1) is 11.2. The van der Waals surface area contributed by atoms with Crippen LogP contribution in [0.4, 0.5) is 5.69 Å². The Morgan fingerprint density at radius 3 is 2.70 bits per heavy atom. The largest absolute Gasteiger partial charge is 0.356 e. The number of nitrogens with one attached hydrogen (secondary N) is 2. The van der Waals surface area contributed by atoms with Gasteiger partial charge in [-0.1, -0.05) is 42.9 Å². The molecule has 0 saturated heterocycles. The van der Waals surface area contributed by atoms with Crippen LogP contribution in [0.2, 0.25) is 0 Å². The van der Waals surface area contributed by atoms with Gasteiger partial charge >= 0.3 is 0 Å². The Balaban J connectivity index is 1.81. The molecule has 1 heterocycles. The van der Waals surface area contributed by atoms with Crippen molar-refractivity contribution in [1.82, 2.24) is 15.5 Å². The Bertz CT molecular complexity index is 643. The Morgan fingerprint density at radius 1 is 1.17 bits per heavy atom. The van der Waals surface area contributed by atoms with Crippen LogP contribution in [-0.4, -0.2) is 28.6 Å². The molecule has 1 aromatic carbocycles. The van der Waals surface area contributed by atoms with Crippen LogP contribution in [0.1, 0.15) is 41.0 Å². The van der Waals surface area contributed by atoms with Crippen molar-refractivity contribution in [2.24, 2.45) is 0 Å². The summed E-state index contributed by atoms with van der Waals surface area (Å²) < 4.78 is 0. The van der Waals surface area contributed by atoms with Crippen molar-refractivity contribution < 1.29 is 9.59 Å². The molecule has 0 aliphatic heterocycles. The first-order valence-electron chi connectivity index (χ1n) is 7.64. The van der Waals surface area contributed by atoms with Gasteiger partial charge in [0.2, 0.25) is 10.9 Å². The standard InChI is InChI=1S/C16H20N4O2S/c1-2-3-11-17-13(21)9-10-14-19-20-16(23-14)15(22)18-12-7-5-4-6-8-12/h4-8H,2-3,9-11H2,1H3,(H,17,21)(H,18,22). The van der Waals surface area contributed by atoms with E-state index in [-0.39, 0.29) is 11.8 Å². The number of hydrogen-bond donors (Lipinski definition) is 2. The molecule has 0 saturated carbocycles. The molecular formula is C16H20N4O2S. The fraction of sp³-hybridized carbons (Fsp3) is 0.375. The average molecular weight is 332 g/mol. The van der Waals surface area contributed by atoms with Crippen LogP contribution in [0.3, 0.4) is 0 Å². The van der Waals surface area contributed by atoms with Gasteiger partial charge in [0.05, 0.1) is 0 Å². The first-order valence-corrected chi connectivity index (χ1v) is 8.46. The van der Waals surface area contributed by atoms with Gasteiger partial charge in [0.1, 0.15) is 5.01 Å². The van der Waals surface area contributed by atoms with E-state index in [2.05, 4.69) is 27.8 Å². The molecule has 2 amide bonds. The lowest BCUT2D eigenvalue weighted by molar-refractivity contribution is -0.121. The van der Waals surface area contributed by atoms with Crippen LogP contribution in [0.5, 0.6) is 0 Å². The van der Waals surface area contributed by atoms with Gasteiger partial charge in [-0.15, -0.1) is 10.2 Å². The summed E-state index contributed by atoms with van der Waals surface area (Å²) >= 11 is 1.22. The molecule has 23 heavy (non-hydrogen) atoms. The number of benzene rings is 1. The van der Waals surface area contributed by atoms with Gasteiger partial charge in [0.15, 0.2) is 0 Å². The van der Waals surface area contributed by atoms with Gasteiger partial charge in [-0.2, -0.15) is 0 Å². The SMILES string of the molecule is CCCCNC(=O)CCc1nnc(C(=O)Nc2ccccc2)s1. The monoisotopic (exact) mass is 332 g/mol. The van der Waals surface area contributed by atoms with Crippen molar-refractivity contribution in [1.29, 1.82) is 0 Å². The molecule has 0 radical (unpaired) electrons. The number of aromatic nitrogens is 2. The average Bonchev–Trinajstić information content (AvgIpc) is 3.03. The van der Waals surface area contributed by atoms with Crippen molar-refractivity contribution in [3.8, 4) is 0 Å². The third-order valence-electron chi connectivity index (χ3n) is 3.11. The van der Waals surface area contributed by atoms with Crippen molar-refractivity contribution in [2.75, 3.05) is 11.9 Å². The number of aryl methyl sites for hydroxylation is 1. The number of amides is 2. The van der Waals surface area contributed by atoms with Gasteiger partial charge in [0, 0.05) is 25.1 Å². The molecule has 0 unspecified atom stereocenters. The molecule has 0 atom stereocenters. The summed E-state index contributed by atoms with van der Waals surface area (Å²) in [5, 5.41) is 14.5. The molecule has 0 aliphatic rings. The van der Waals surface area contributed by atoms with Gasteiger partial charge in [0.25, 0.3) is 5.91 Å². The lowest BCUT2D eigenvalue weighted by atomic mass is 10.3. The van der Waals surface area contributed by atoms with Crippen LogP contribution in [0.15, 0.2) is 30.3 Å². The number of hydrogen-bond acceptors (Lipinski definition) is 5. The summed E-state index contributed by atoms with van der Waals surface area (Å²) in [4.78, 5) is 23.7. The zero-order chi connectivity index (χ0) is 16.5. The summed E-state index contributed by atoms with van der Waals surface area (Å²) in [6, 6.07) is 9.18. The molecule has 7 heteroatoms. The Labute approximate surface area is 139 Å². The summed E-state index contributed by atoms with van der Waals surface area (Å²) in [6.45, 7) is 2.78. The Kier molecular flexibility index (Phi) is 6.68. The number of para-hydroxylation sites is 1. The smallest absolute Gasteiger partial charge is 0.286 e. The minimum atomic E-state index is -0.285. The summed E-state index contributed by atoms with van der Waals surface area (Å²) in [5.41, 5.74) is 0.713. The number of carbonyl (C=O) groups is 2. The Hall–Kier alpha value is -2.28. The fourth-order valence-corrected chi connectivity index (χ4v) is 2.60. The molecule has 0 bridgehead atoms. The molecule has 2 N–H and O–H groups in total. The molecule has 1 aromatic heterocycles. The highest BCUT2D eigenvalue weighted by Crippen LogP contribution is 2.14. The third kappa shape index (κ3) is 5.78. The van der Waals surface area contributed by atoms with E-state index in [0.717, 1.165) is 12.8 Å². The minimum Gasteiger partial charge on any atom is -0.356 e. The normalized spacial score (nSPS) is 10.3. The van der Waals surface area contributed by atoms with Crippen molar-refractivity contribution >= 4 is 28.8 Å². The van der Waals surface area contributed by atoms with E-state index in [4.69, 9.17) is 0 Å². The maximum absolute atomic E-state index is 12.1. The first kappa shape index (κ1) is 17.1. The minimum absolute atomic E-state index is 0.00365. The topological polar surface area (TPSA) is 84.0 Å². The quantitative estimate of drug-likeness (QED) is 0.728. The predicted molar refractivity (Wildman–Crippen MR) is 90.5 cm³/mol. The third-order valence-corrected chi connectivity index (χ3v) is 4.09. The van der Waals surface area contributed by atoms with Crippen LogP contribution in [0.25, 0.3) is 0 Å². The molecular weight excluding hydrogens is 312 g/mol. The lowest BCUT2D eigenvalue weighted by Crippen LogP contribution is -2.24. The zero-order valence-electron chi connectivity index (χ0n) is 13.0. The van der Waals surface area contributed by atoms with E-state index < -0.39 is 0 Å². The van der Waals surface area contributed by atoms with Crippen LogP contribution >= 0.6 is 11.3 Å². The summed E-state index contributed by atoms with van der Waals surface area (Å²) in [5.74, 6) is -0.281. The second-order valence-corrected chi connectivity index (χ2v) is 6.09. The van der Waals surface area contributed by atoms with E-state index >= 15 is 0 Å². The van der Waals surface area contributed by atoms with E-state index in [9.17, 15) is 9.59 Å². The maximum Gasteiger partial charge on any atom is 0.286 e. The molecule has 2 aromatic rings. The lowest BCUT2D eigenvalue weighted by Gasteiger charge is -2.02. The molecule has 0 aliphatic carbocycles. The number of nitrogens with zero attached hydrogens (tertiary/aromatic N) is 2. The zero-order valence-corrected chi connectivity index (χ0v) is 13.9. The number of anilines is 1. The molecule has 0 fully saturated rings. The predicted octanol–water partition coefficient (Wildman–Crippen LogP) is 2.64. The van der Waals surface area contributed by atoms with E-state index in [1.165, 1.54) is 11.3 Å². The Morgan fingerprint density at radius 2 is 1.96 bits per heavy atom. The van der Waals surface area contributed by atoms with Gasteiger partial charge < -0.3 is 10.6 Å². The molecule has 0 spiro atoms. The molecule has 122 valence electrons. The summed E-state index contributed by atoms with van der Waals surface area (Å²) in [6.07, 6.45) is 2.89.